The highest BCUT2D eigenvalue weighted by Gasteiger charge is 2.44. The highest BCUT2D eigenvalue weighted by Crippen LogP contribution is 2.48. The third-order valence-corrected chi connectivity index (χ3v) is 3.61. The summed E-state index contributed by atoms with van der Waals surface area (Å²) in [6, 6.07) is 8.10. The zero-order valence-electron chi connectivity index (χ0n) is 9.43. The average Bonchev–Trinajstić information content (AvgIpc) is 3.01. The molecule has 0 bridgehead atoms. The number of anilines is 1. The molecule has 18 heavy (non-hydrogen) atoms. The van der Waals surface area contributed by atoms with Crippen LogP contribution < -0.4 is 5.32 Å². The zero-order valence-corrected chi connectivity index (χ0v) is 11.0. The number of H-pyrrole nitrogens is 1. The number of hydrogen-bond donors (Lipinski definition) is 2. The first-order valence-electron chi connectivity index (χ1n) is 5.66. The molecule has 2 N–H and O–H groups in total. The Hall–Kier alpha value is -1.69. The first kappa shape index (κ1) is 11.4. The van der Waals surface area contributed by atoms with Crippen molar-refractivity contribution in [3.05, 3.63) is 40.6 Å². The van der Waals surface area contributed by atoms with Crippen molar-refractivity contribution in [2.45, 2.75) is 12.3 Å². The Morgan fingerprint density at radius 3 is 2.83 bits per heavy atom. The van der Waals surface area contributed by atoms with Gasteiger partial charge in [-0.15, -0.1) is 0 Å². The predicted octanol–water partition coefficient (Wildman–Crippen LogP) is 2.31. The minimum absolute atomic E-state index is 0.000307. The van der Waals surface area contributed by atoms with E-state index in [9.17, 15) is 4.79 Å². The van der Waals surface area contributed by atoms with Gasteiger partial charge in [-0.3, -0.25) is 10.1 Å². The van der Waals surface area contributed by atoms with E-state index in [0.29, 0.717) is 11.9 Å². The smallest absolute Gasteiger partial charge is 0.230 e. The molecule has 6 heteroatoms. The molecule has 0 radical (unpaired) electrons. The van der Waals surface area contributed by atoms with Crippen LogP contribution in [-0.2, 0) is 4.79 Å². The predicted molar refractivity (Wildman–Crippen MR) is 70.0 cm³/mol. The standard InChI is InChI=1S/C12H11BrN4O/c13-8-3-1-7(2-4-8)9-5-10(9)11(18)16-12-14-6-15-17-12/h1-4,6,9-10H,5H2,(H2,14,15,16,17,18)/t9-,10+/m0/s1. The second-order valence-corrected chi connectivity index (χ2v) is 5.24. The number of nitrogens with zero attached hydrogens (tertiary/aromatic N) is 2. The average molecular weight is 307 g/mol. The maximum Gasteiger partial charge on any atom is 0.230 e. The van der Waals surface area contributed by atoms with Crippen molar-refractivity contribution in [3.8, 4) is 0 Å². The number of aromatic nitrogens is 3. The van der Waals surface area contributed by atoms with Gasteiger partial charge in [0.1, 0.15) is 6.33 Å². The van der Waals surface area contributed by atoms with Crippen LogP contribution in [0.3, 0.4) is 0 Å². The Balaban J connectivity index is 1.63. The van der Waals surface area contributed by atoms with Gasteiger partial charge in [0.15, 0.2) is 0 Å². The number of nitrogens with one attached hydrogen (secondary N) is 2. The van der Waals surface area contributed by atoms with Crippen LogP contribution in [-0.4, -0.2) is 21.1 Å². The van der Waals surface area contributed by atoms with Gasteiger partial charge in [0.05, 0.1) is 0 Å². The molecular weight excluding hydrogens is 296 g/mol. The minimum atomic E-state index is -0.000307. The highest BCUT2D eigenvalue weighted by molar-refractivity contribution is 9.10. The summed E-state index contributed by atoms with van der Waals surface area (Å²) in [7, 11) is 0. The number of rotatable bonds is 3. The molecule has 1 aromatic carbocycles. The van der Waals surface area contributed by atoms with Crippen molar-refractivity contribution in [1.82, 2.24) is 15.2 Å². The quantitative estimate of drug-likeness (QED) is 0.914. The lowest BCUT2D eigenvalue weighted by Gasteiger charge is -2.01. The SMILES string of the molecule is O=C(Nc1ncn[nH]1)[C@@H]1C[C@H]1c1ccc(Br)cc1. The Morgan fingerprint density at radius 1 is 1.39 bits per heavy atom. The van der Waals surface area contributed by atoms with Crippen molar-refractivity contribution in [2.75, 3.05) is 5.32 Å². The van der Waals surface area contributed by atoms with Gasteiger partial charge in [0, 0.05) is 10.4 Å². The first-order valence-corrected chi connectivity index (χ1v) is 6.45. The molecule has 0 aliphatic heterocycles. The van der Waals surface area contributed by atoms with Gasteiger partial charge < -0.3 is 0 Å². The van der Waals surface area contributed by atoms with E-state index >= 15 is 0 Å². The third kappa shape index (κ3) is 2.28. The number of carbonyl (C=O) groups is 1. The van der Waals surface area contributed by atoms with Crippen molar-refractivity contribution < 1.29 is 4.79 Å². The molecule has 1 aliphatic carbocycles. The normalized spacial score (nSPS) is 21.6. The summed E-state index contributed by atoms with van der Waals surface area (Å²) < 4.78 is 1.05. The van der Waals surface area contributed by atoms with E-state index in [2.05, 4.69) is 48.6 Å². The minimum Gasteiger partial charge on any atom is -0.295 e. The molecule has 1 fully saturated rings. The summed E-state index contributed by atoms with van der Waals surface area (Å²) in [5.41, 5.74) is 1.20. The van der Waals surface area contributed by atoms with Gasteiger partial charge in [-0.1, -0.05) is 28.1 Å². The van der Waals surface area contributed by atoms with Gasteiger partial charge in [-0.05, 0) is 30.0 Å². The molecule has 92 valence electrons. The van der Waals surface area contributed by atoms with E-state index in [1.165, 1.54) is 11.9 Å². The van der Waals surface area contributed by atoms with Crippen molar-refractivity contribution in [2.24, 2.45) is 5.92 Å². The fourth-order valence-electron chi connectivity index (χ4n) is 2.04. The van der Waals surface area contributed by atoms with Crippen LogP contribution in [0.4, 0.5) is 5.95 Å². The second-order valence-electron chi connectivity index (χ2n) is 4.32. The van der Waals surface area contributed by atoms with E-state index in [1.807, 2.05) is 12.1 Å². The molecule has 5 nitrogen and oxygen atoms in total. The number of benzene rings is 1. The fraction of sp³-hybridized carbons (Fsp3) is 0.250. The van der Waals surface area contributed by atoms with Gasteiger partial charge in [-0.25, -0.2) is 5.10 Å². The van der Waals surface area contributed by atoms with E-state index in [-0.39, 0.29) is 11.8 Å². The third-order valence-electron chi connectivity index (χ3n) is 3.08. The molecule has 0 spiro atoms. The summed E-state index contributed by atoms with van der Waals surface area (Å²) in [5.74, 6) is 0.762. The lowest BCUT2D eigenvalue weighted by atomic mass is 10.1. The van der Waals surface area contributed by atoms with Crippen LogP contribution in [0, 0.1) is 5.92 Å². The Bertz CT molecular complexity index is 552. The summed E-state index contributed by atoms with van der Waals surface area (Å²) >= 11 is 3.40. The van der Waals surface area contributed by atoms with Gasteiger partial charge in [0.25, 0.3) is 0 Å². The molecule has 0 saturated heterocycles. The van der Waals surface area contributed by atoms with Crippen LogP contribution in [0.25, 0.3) is 0 Å². The summed E-state index contributed by atoms with van der Waals surface area (Å²) in [6.45, 7) is 0. The maximum absolute atomic E-state index is 11.9. The molecule has 1 saturated carbocycles. The van der Waals surface area contributed by atoms with Crippen molar-refractivity contribution in [1.29, 1.82) is 0 Å². The highest BCUT2D eigenvalue weighted by atomic mass is 79.9. The van der Waals surface area contributed by atoms with Crippen LogP contribution >= 0.6 is 15.9 Å². The van der Waals surface area contributed by atoms with E-state index in [1.54, 1.807) is 0 Å². The number of amides is 1. The molecule has 2 aromatic rings. The summed E-state index contributed by atoms with van der Waals surface area (Å²) in [6.07, 6.45) is 2.26. The monoisotopic (exact) mass is 306 g/mol. The van der Waals surface area contributed by atoms with Crippen molar-refractivity contribution >= 4 is 27.8 Å². The molecular formula is C12H11BrN4O. The van der Waals surface area contributed by atoms with Crippen LogP contribution in [0.1, 0.15) is 17.9 Å². The van der Waals surface area contributed by atoms with Crippen LogP contribution in [0.2, 0.25) is 0 Å². The number of carbonyl (C=O) groups excluding carboxylic acids is 1. The lowest BCUT2D eigenvalue weighted by molar-refractivity contribution is -0.117. The molecule has 0 unspecified atom stereocenters. The maximum atomic E-state index is 11.9. The number of halogens is 1. The molecule has 2 atom stereocenters. The molecule has 1 aliphatic rings. The van der Waals surface area contributed by atoms with Gasteiger partial charge in [0.2, 0.25) is 11.9 Å². The van der Waals surface area contributed by atoms with Crippen molar-refractivity contribution in [3.63, 3.8) is 0 Å². The van der Waals surface area contributed by atoms with Gasteiger partial charge >= 0.3 is 0 Å². The summed E-state index contributed by atoms with van der Waals surface area (Å²) in [5, 5.41) is 9.02. The van der Waals surface area contributed by atoms with Crippen LogP contribution in [0.15, 0.2) is 35.1 Å². The summed E-state index contributed by atoms with van der Waals surface area (Å²) in [4.78, 5) is 15.8. The molecule has 1 heterocycles. The fourth-order valence-corrected chi connectivity index (χ4v) is 2.30. The van der Waals surface area contributed by atoms with Crippen LogP contribution in [0.5, 0.6) is 0 Å². The largest absolute Gasteiger partial charge is 0.295 e. The molecule has 1 amide bonds. The zero-order chi connectivity index (χ0) is 12.5. The van der Waals surface area contributed by atoms with E-state index < -0.39 is 0 Å². The first-order chi connectivity index (χ1) is 8.74. The lowest BCUT2D eigenvalue weighted by Crippen LogP contribution is -2.15. The Kier molecular flexibility index (Phi) is 2.87. The second kappa shape index (κ2) is 4.53. The van der Waals surface area contributed by atoms with E-state index in [4.69, 9.17) is 0 Å². The number of hydrogen-bond acceptors (Lipinski definition) is 3. The number of aromatic amines is 1. The van der Waals surface area contributed by atoms with Gasteiger partial charge in [-0.2, -0.15) is 10.1 Å². The Labute approximate surface area is 112 Å². The Morgan fingerprint density at radius 2 is 2.17 bits per heavy atom. The molecule has 1 aromatic heterocycles. The topological polar surface area (TPSA) is 70.7 Å². The van der Waals surface area contributed by atoms with E-state index in [0.717, 1.165) is 10.9 Å². The molecule has 3 rings (SSSR count).